The van der Waals surface area contributed by atoms with Gasteiger partial charge in [-0.2, -0.15) is 0 Å². The third kappa shape index (κ3) is 69.4. The Morgan fingerprint density at radius 3 is 0.845 bits per heavy atom. The number of rotatable bonds is 73. The molecule has 0 fully saturated rings. The van der Waals surface area contributed by atoms with E-state index < -0.39 is 12.1 Å². The Kier molecular flexibility index (Phi) is 72.3. The van der Waals surface area contributed by atoms with Gasteiger partial charge in [-0.1, -0.05) is 391 Å². The molecule has 0 aromatic rings. The Hall–Kier alpha value is -1.66. The summed E-state index contributed by atoms with van der Waals surface area (Å²) in [5.41, 5.74) is 0. The number of carbonyl (C=O) groups excluding carboxylic acids is 2. The Bertz CT molecular complexity index is 1320. The van der Waals surface area contributed by atoms with Crippen molar-refractivity contribution in [1.29, 1.82) is 0 Å². The van der Waals surface area contributed by atoms with Gasteiger partial charge in [0.05, 0.1) is 25.4 Å². The number of allylic oxidation sites excluding steroid dienone is 3. The molecule has 0 bridgehead atoms. The third-order valence-electron chi connectivity index (χ3n) is 18.2. The molecule has 6 nitrogen and oxygen atoms in total. The zero-order valence-electron chi connectivity index (χ0n) is 57.2. The molecule has 0 radical (unpaired) electrons. The van der Waals surface area contributed by atoms with E-state index in [1.807, 2.05) is 6.08 Å². The Morgan fingerprint density at radius 2 is 0.560 bits per heavy atom. The van der Waals surface area contributed by atoms with Gasteiger partial charge < -0.3 is 20.3 Å². The summed E-state index contributed by atoms with van der Waals surface area (Å²) in [6.07, 6.45) is 94.4. The first-order valence-electron chi connectivity index (χ1n) is 38.6. The average molecular weight is 1180 g/mol. The van der Waals surface area contributed by atoms with Gasteiger partial charge >= 0.3 is 5.97 Å². The van der Waals surface area contributed by atoms with Gasteiger partial charge in [0, 0.05) is 12.8 Å². The van der Waals surface area contributed by atoms with Crippen LogP contribution in [0.25, 0.3) is 0 Å². The first-order valence-corrected chi connectivity index (χ1v) is 38.6. The first kappa shape index (κ1) is 82.3. The number of aliphatic hydroxyl groups is 2. The van der Waals surface area contributed by atoms with Gasteiger partial charge in [0.25, 0.3) is 0 Å². The maximum atomic E-state index is 12.5. The molecule has 0 aliphatic rings. The number of aliphatic hydroxyl groups excluding tert-OH is 2. The number of esters is 1. The third-order valence-corrected chi connectivity index (χ3v) is 18.2. The molecule has 1 amide bonds. The van der Waals surface area contributed by atoms with Gasteiger partial charge in [-0.05, 0) is 57.8 Å². The van der Waals surface area contributed by atoms with Crippen LogP contribution in [0.5, 0.6) is 0 Å². The summed E-state index contributed by atoms with van der Waals surface area (Å²) < 4.78 is 5.49. The number of nitrogens with one attached hydrogen (secondary N) is 1. The van der Waals surface area contributed by atoms with Gasteiger partial charge in [0.15, 0.2) is 0 Å². The average Bonchev–Trinajstić information content (AvgIpc) is 3.52. The van der Waals surface area contributed by atoms with Crippen molar-refractivity contribution in [3.05, 3.63) is 24.3 Å². The fraction of sp³-hybridized carbons (Fsp3) is 0.923. The second-order valence-electron chi connectivity index (χ2n) is 26.7. The van der Waals surface area contributed by atoms with E-state index in [-0.39, 0.29) is 18.5 Å². The van der Waals surface area contributed by atoms with E-state index in [1.165, 1.54) is 372 Å². The number of unbranched alkanes of at least 4 members (excludes halogenated alkanes) is 60. The molecule has 84 heavy (non-hydrogen) atoms. The molecule has 2 unspecified atom stereocenters. The summed E-state index contributed by atoms with van der Waals surface area (Å²) in [4.78, 5) is 24.6. The molecule has 0 aliphatic heterocycles. The van der Waals surface area contributed by atoms with Crippen molar-refractivity contribution in [3.63, 3.8) is 0 Å². The second kappa shape index (κ2) is 73.8. The fourth-order valence-electron chi connectivity index (χ4n) is 12.3. The monoisotopic (exact) mass is 1180 g/mol. The Labute approximate surface area is 526 Å². The van der Waals surface area contributed by atoms with Gasteiger partial charge in [0.1, 0.15) is 0 Å². The topological polar surface area (TPSA) is 95.9 Å². The second-order valence-corrected chi connectivity index (χ2v) is 26.7. The van der Waals surface area contributed by atoms with Crippen molar-refractivity contribution in [1.82, 2.24) is 5.32 Å². The normalized spacial score (nSPS) is 12.6. The van der Waals surface area contributed by atoms with Crippen LogP contribution in [-0.2, 0) is 14.3 Å². The van der Waals surface area contributed by atoms with Crippen LogP contribution in [0, 0.1) is 0 Å². The van der Waals surface area contributed by atoms with E-state index in [9.17, 15) is 19.8 Å². The van der Waals surface area contributed by atoms with Gasteiger partial charge in [-0.3, -0.25) is 9.59 Å². The minimum Gasteiger partial charge on any atom is -0.466 e. The molecule has 498 valence electrons. The SMILES string of the molecule is CCCCCCCCCCCCCCCCCCCC/C=C/C(O)C(CO)NC(=O)CCCCCCCCCCCCCCCCCCC/C=C\CCCCCCCCCCCCCCCCOC(=O)CCCCCCCCCCCCCC. The van der Waals surface area contributed by atoms with Crippen LogP contribution in [0.4, 0.5) is 0 Å². The van der Waals surface area contributed by atoms with Crippen LogP contribution in [0.1, 0.15) is 438 Å². The molecule has 3 N–H and O–H groups in total. The fourth-order valence-corrected chi connectivity index (χ4v) is 12.3. The van der Waals surface area contributed by atoms with Crippen LogP contribution in [0.2, 0.25) is 0 Å². The van der Waals surface area contributed by atoms with Crippen LogP contribution in [0.3, 0.4) is 0 Å². The van der Waals surface area contributed by atoms with E-state index >= 15 is 0 Å². The minimum atomic E-state index is -0.843. The predicted octanol–water partition coefficient (Wildman–Crippen LogP) is 25.3. The quantitative estimate of drug-likeness (QED) is 0.0320. The highest BCUT2D eigenvalue weighted by atomic mass is 16.5. The summed E-state index contributed by atoms with van der Waals surface area (Å²) in [7, 11) is 0. The molecule has 6 heteroatoms. The number of carbonyl (C=O) groups is 2. The van der Waals surface area contributed by atoms with Crippen molar-refractivity contribution >= 4 is 11.9 Å². The van der Waals surface area contributed by atoms with Crippen LogP contribution in [-0.4, -0.2) is 47.4 Å². The van der Waals surface area contributed by atoms with Gasteiger partial charge in [0.2, 0.25) is 5.91 Å². The number of hydrogen-bond acceptors (Lipinski definition) is 5. The molecule has 2 atom stereocenters. The summed E-state index contributed by atoms with van der Waals surface area (Å²) in [6.45, 7) is 4.95. The summed E-state index contributed by atoms with van der Waals surface area (Å²) in [5.74, 6) is -0.0384. The molecule has 0 heterocycles. The minimum absolute atomic E-state index is 0.0215. The van der Waals surface area contributed by atoms with Crippen molar-refractivity contribution in [2.75, 3.05) is 13.2 Å². The van der Waals surface area contributed by atoms with Crippen LogP contribution >= 0.6 is 0 Å². The highest BCUT2D eigenvalue weighted by molar-refractivity contribution is 5.76. The number of ether oxygens (including phenoxy) is 1. The van der Waals surface area contributed by atoms with Crippen molar-refractivity contribution in [2.24, 2.45) is 0 Å². The van der Waals surface area contributed by atoms with Gasteiger partial charge in [-0.15, -0.1) is 0 Å². The lowest BCUT2D eigenvalue weighted by molar-refractivity contribution is -0.143. The molecule has 0 saturated heterocycles. The van der Waals surface area contributed by atoms with E-state index in [1.54, 1.807) is 6.08 Å². The number of hydrogen-bond donors (Lipinski definition) is 3. The molecular formula is C78H151NO5. The molecule has 0 spiro atoms. The predicted molar refractivity (Wildman–Crippen MR) is 370 cm³/mol. The molecular weight excluding hydrogens is 1030 g/mol. The highest BCUT2D eigenvalue weighted by Gasteiger charge is 2.18. The van der Waals surface area contributed by atoms with E-state index in [0.717, 1.165) is 38.5 Å². The summed E-state index contributed by atoms with van der Waals surface area (Å²) in [6, 6.07) is -0.626. The lowest BCUT2D eigenvalue weighted by Gasteiger charge is -2.20. The highest BCUT2D eigenvalue weighted by Crippen LogP contribution is 2.20. The van der Waals surface area contributed by atoms with E-state index in [2.05, 4.69) is 31.3 Å². The molecule has 0 aromatic heterocycles. The maximum Gasteiger partial charge on any atom is 0.305 e. The number of amides is 1. The van der Waals surface area contributed by atoms with Gasteiger partial charge in [-0.25, -0.2) is 0 Å². The lowest BCUT2D eigenvalue weighted by Crippen LogP contribution is -2.45. The zero-order valence-corrected chi connectivity index (χ0v) is 57.2. The zero-order chi connectivity index (χ0) is 60.6. The van der Waals surface area contributed by atoms with Crippen LogP contribution < -0.4 is 5.32 Å². The van der Waals surface area contributed by atoms with Crippen molar-refractivity contribution < 1.29 is 24.5 Å². The van der Waals surface area contributed by atoms with Crippen molar-refractivity contribution in [2.45, 2.75) is 450 Å². The molecule has 0 aromatic carbocycles. The molecule has 0 rings (SSSR count). The Morgan fingerprint density at radius 1 is 0.321 bits per heavy atom. The largest absolute Gasteiger partial charge is 0.466 e. The standard InChI is InChI=1S/C78H151NO5/c1-3-5-7-9-11-13-15-17-18-19-20-38-41-44-47-50-54-58-62-66-70-76(81)75(74-80)79-77(82)71-67-63-59-55-51-48-45-42-39-36-34-32-30-28-26-24-22-21-23-25-27-29-31-33-35-37-40-43-46-49-53-57-61-65-69-73-84-78(83)72-68-64-60-56-52-16-14-12-10-8-6-4-2/h23,25,66,70,75-76,80-81H,3-22,24,26-65,67-69,71-74H2,1-2H3,(H,79,82)/b25-23-,70-66+. The van der Waals surface area contributed by atoms with Crippen LogP contribution in [0.15, 0.2) is 24.3 Å². The van der Waals surface area contributed by atoms with E-state index in [4.69, 9.17) is 4.74 Å². The lowest BCUT2D eigenvalue weighted by atomic mass is 10.0. The molecule has 0 saturated carbocycles. The maximum absolute atomic E-state index is 12.5. The van der Waals surface area contributed by atoms with Crippen molar-refractivity contribution in [3.8, 4) is 0 Å². The van der Waals surface area contributed by atoms with E-state index in [0.29, 0.717) is 19.4 Å². The first-order chi connectivity index (χ1) is 41.5. The smallest absolute Gasteiger partial charge is 0.305 e. The Balaban J connectivity index is 3.36. The summed E-state index contributed by atoms with van der Waals surface area (Å²) >= 11 is 0. The summed E-state index contributed by atoms with van der Waals surface area (Å²) in [5, 5.41) is 23.3. The molecule has 0 aliphatic carbocycles.